The summed E-state index contributed by atoms with van der Waals surface area (Å²) in [5, 5.41) is 11.1. The molecule has 0 aliphatic heterocycles. The normalized spacial score (nSPS) is 11.5. The van der Waals surface area contributed by atoms with Gasteiger partial charge in [-0.3, -0.25) is 24.8 Å². The van der Waals surface area contributed by atoms with Gasteiger partial charge in [0.15, 0.2) is 5.82 Å². The monoisotopic (exact) mass is 492 g/mol. The number of rotatable bonds is 5. The zero-order valence-electron chi connectivity index (χ0n) is 20.0. The molecule has 6 aromatic rings. The summed E-state index contributed by atoms with van der Waals surface area (Å²) in [5.41, 5.74) is 5.59. The highest BCUT2D eigenvalue weighted by molar-refractivity contribution is 5.97. The van der Waals surface area contributed by atoms with Gasteiger partial charge in [-0.1, -0.05) is 32.0 Å². The van der Waals surface area contributed by atoms with Gasteiger partial charge >= 0.3 is 0 Å². The topological polar surface area (TPSA) is 125 Å². The van der Waals surface area contributed by atoms with Crippen LogP contribution in [0, 0.1) is 11.7 Å². The van der Waals surface area contributed by atoms with E-state index in [1.807, 2.05) is 26.0 Å². The fraction of sp³-hybridized carbons (Fsp3) is 0.111. The summed E-state index contributed by atoms with van der Waals surface area (Å²) in [7, 11) is 0. The van der Waals surface area contributed by atoms with Gasteiger partial charge in [0.25, 0.3) is 0 Å². The van der Waals surface area contributed by atoms with Crippen molar-refractivity contribution in [2.24, 2.45) is 5.92 Å². The highest BCUT2D eigenvalue weighted by atomic mass is 19.1. The quantitative estimate of drug-likeness (QED) is 0.298. The lowest BCUT2D eigenvalue weighted by atomic mass is 10.1. The predicted molar refractivity (Wildman–Crippen MR) is 139 cm³/mol. The van der Waals surface area contributed by atoms with Crippen molar-refractivity contribution in [3.8, 4) is 33.9 Å². The maximum absolute atomic E-state index is 14.5. The maximum atomic E-state index is 14.5. The number of carbonyl (C=O) groups excluding carboxylic acids is 1. The van der Waals surface area contributed by atoms with E-state index < -0.39 is 0 Å². The molecule has 182 valence electrons. The van der Waals surface area contributed by atoms with Crippen LogP contribution >= 0.6 is 0 Å². The molecule has 0 aliphatic carbocycles. The first kappa shape index (κ1) is 22.5. The Morgan fingerprint density at radius 2 is 1.81 bits per heavy atom. The van der Waals surface area contributed by atoms with Gasteiger partial charge < -0.3 is 10.3 Å². The van der Waals surface area contributed by atoms with E-state index in [4.69, 9.17) is 4.98 Å². The van der Waals surface area contributed by atoms with E-state index in [1.165, 1.54) is 6.07 Å². The third-order valence-electron chi connectivity index (χ3n) is 6.06. The van der Waals surface area contributed by atoms with Crippen LogP contribution < -0.4 is 5.32 Å². The second-order valence-electron chi connectivity index (χ2n) is 8.94. The molecule has 3 N–H and O–H groups in total. The Labute approximate surface area is 210 Å². The van der Waals surface area contributed by atoms with Gasteiger partial charge in [-0.05, 0) is 18.2 Å². The van der Waals surface area contributed by atoms with Crippen molar-refractivity contribution in [1.82, 2.24) is 35.1 Å². The van der Waals surface area contributed by atoms with E-state index in [-0.39, 0.29) is 17.6 Å². The van der Waals surface area contributed by atoms with Gasteiger partial charge in [0.2, 0.25) is 5.91 Å². The number of pyridine rings is 3. The van der Waals surface area contributed by atoms with E-state index in [2.05, 4.69) is 35.5 Å². The number of fused-ring (bicyclic) bond motifs is 2. The Morgan fingerprint density at radius 3 is 2.65 bits per heavy atom. The molecule has 0 atom stereocenters. The molecule has 0 saturated carbocycles. The number of H-pyrrole nitrogens is 2. The summed E-state index contributed by atoms with van der Waals surface area (Å²) >= 11 is 0. The molecule has 5 heterocycles. The fourth-order valence-electron chi connectivity index (χ4n) is 4.11. The molecule has 9 nitrogen and oxygen atoms in total. The Morgan fingerprint density at radius 1 is 0.973 bits per heavy atom. The predicted octanol–water partition coefficient (Wildman–Crippen LogP) is 5.36. The molecule has 0 bridgehead atoms. The maximum Gasteiger partial charge on any atom is 0.226 e. The van der Waals surface area contributed by atoms with Crippen molar-refractivity contribution < 1.29 is 9.18 Å². The molecule has 1 aromatic carbocycles. The number of carbonyl (C=O) groups is 1. The molecule has 0 fully saturated rings. The molecule has 0 spiro atoms. The Kier molecular flexibility index (Phi) is 5.41. The second kappa shape index (κ2) is 8.90. The van der Waals surface area contributed by atoms with Crippen molar-refractivity contribution in [1.29, 1.82) is 0 Å². The average molecular weight is 493 g/mol. The van der Waals surface area contributed by atoms with Gasteiger partial charge in [-0.25, -0.2) is 9.37 Å². The summed E-state index contributed by atoms with van der Waals surface area (Å²) in [5.74, 6) is -0.0686. The van der Waals surface area contributed by atoms with Crippen LogP contribution in [0.2, 0.25) is 0 Å². The molecular formula is C27H21FN8O. The van der Waals surface area contributed by atoms with Crippen LogP contribution in [0.1, 0.15) is 13.8 Å². The molecule has 37 heavy (non-hydrogen) atoms. The van der Waals surface area contributed by atoms with Crippen LogP contribution in [0.5, 0.6) is 0 Å². The summed E-state index contributed by atoms with van der Waals surface area (Å²) in [6.45, 7) is 3.66. The molecule has 1 amide bonds. The van der Waals surface area contributed by atoms with Crippen molar-refractivity contribution in [2.45, 2.75) is 13.8 Å². The lowest BCUT2D eigenvalue weighted by Gasteiger charge is -2.08. The highest BCUT2D eigenvalue weighted by Gasteiger charge is 2.18. The third kappa shape index (κ3) is 4.08. The first-order valence-corrected chi connectivity index (χ1v) is 11.7. The lowest BCUT2D eigenvalue weighted by molar-refractivity contribution is -0.118. The first-order valence-electron chi connectivity index (χ1n) is 11.7. The van der Waals surface area contributed by atoms with Crippen LogP contribution in [-0.4, -0.2) is 41.0 Å². The number of anilines is 1. The number of hydrogen-bond acceptors (Lipinski definition) is 6. The zero-order chi connectivity index (χ0) is 25.5. The number of halogens is 1. The summed E-state index contributed by atoms with van der Waals surface area (Å²) < 4.78 is 14.5. The highest BCUT2D eigenvalue weighted by Crippen LogP contribution is 2.33. The number of aromatic amines is 2. The van der Waals surface area contributed by atoms with Gasteiger partial charge in [0, 0.05) is 40.4 Å². The molecule has 0 aliphatic rings. The Bertz CT molecular complexity index is 1790. The molecular weight excluding hydrogens is 471 g/mol. The number of hydrogen-bond donors (Lipinski definition) is 3. The van der Waals surface area contributed by atoms with E-state index in [0.717, 1.165) is 16.5 Å². The molecule has 0 saturated heterocycles. The van der Waals surface area contributed by atoms with Gasteiger partial charge in [-0.15, -0.1) is 0 Å². The summed E-state index contributed by atoms with van der Waals surface area (Å²) in [6.07, 6.45) is 8.23. The molecule has 0 unspecified atom stereocenters. The average Bonchev–Trinajstić information content (AvgIpc) is 3.53. The van der Waals surface area contributed by atoms with Crippen LogP contribution in [-0.2, 0) is 4.79 Å². The van der Waals surface area contributed by atoms with Crippen molar-refractivity contribution in [3.63, 3.8) is 0 Å². The lowest BCUT2D eigenvalue weighted by Crippen LogP contribution is -2.17. The number of amides is 1. The first-order chi connectivity index (χ1) is 18.0. The fourth-order valence-corrected chi connectivity index (χ4v) is 4.11. The van der Waals surface area contributed by atoms with E-state index >= 15 is 0 Å². The number of nitrogens with zero attached hydrogens (tertiary/aromatic N) is 5. The second-order valence-corrected chi connectivity index (χ2v) is 8.94. The molecule has 6 rings (SSSR count). The molecule has 5 aromatic heterocycles. The zero-order valence-corrected chi connectivity index (χ0v) is 20.0. The van der Waals surface area contributed by atoms with Crippen molar-refractivity contribution >= 4 is 33.5 Å². The number of nitrogens with one attached hydrogen (secondary N) is 3. The minimum Gasteiger partial charge on any atom is -0.335 e. The molecule has 0 radical (unpaired) electrons. The SMILES string of the molecule is CC(C)C(=O)Nc1cncc(-c2cc3c(-c4nc5c(-c6ccccc6F)cncc5[nH]4)n[nH]c3cn2)c1. The largest absolute Gasteiger partial charge is 0.335 e. The van der Waals surface area contributed by atoms with Crippen LogP contribution in [0.25, 0.3) is 55.8 Å². The summed E-state index contributed by atoms with van der Waals surface area (Å²) in [6, 6.07) is 10.3. The smallest absolute Gasteiger partial charge is 0.226 e. The Hall–Kier alpha value is -4.99. The number of imidazole rings is 1. The van der Waals surface area contributed by atoms with Crippen LogP contribution in [0.3, 0.4) is 0 Å². The van der Waals surface area contributed by atoms with Crippen LogP contribution in [0.4, 0.5) is 10.1 Å². The van der Waals surface area contributed by atoms with Gasteiger partial charge in [-0.2, -0.15) is 5.10 Å². The van der Waals surface area contributed by atoms with E-state index in [1.54, 1.807) is 49.2 Å². The standard InChI is InChI=1S/C27H21FN8O/c1-14(2)27(37)32-16-7-15(9-29-10-16)21-8-18-22(13-31-21)35-36-25(18)26-33-23-12-30-11-19(24(23)34-26)17-5-3-4-6-20(17)28/h3-14H,1-2H3,(H,32,37)(H,33,34)(H,35,36). The number of benzene rings is 1. The Balaban J connectivity index is 1.42. The van der Waals surface area contributed by atoms with Crippen molar-refractivity contribution in [2.75, 3.05) is 5.32 Å². The van der Waals surface area contributed by atoms with E-state index in [0.29, 0.717) is 45.1 Å². The van der Waals surface area contributed by atoms with Gasteiger partial charge in [0.05, 0.1) is 41.0 Å². The number of aromatic nitrogens is 7. The minimum atomic E-state index is -0.345. The van der Waals surface area contributed by atoms with Crippen molar-refractivity contribution in [3.05, 3.63) is 73.2 Å². The third-order valence-corrected chi connectivity index (χ3v) is 6.06. The summed E-state index contributed by atoms with van der Waals surface area (Å²) in [4.78, 5) is 33.2. The van der Waals surface area contributed by atoms with Crippen LogP contribution in [0.15, 0.2) is 67.4 Å². The minimum absolute atomic E-state index is 0.0892. The molecule has 10 heteroatoms. The van der Waals surface area contributed by atoms with Gasteiger partial charge in [0.1, 0.15) is 17.0 Å². The van der Waals surface area contributed by atoms with E-state index in [9.17, 15) is 9.18 Å².